The molecule has 0 radical (unpaired) electrons. The molecule has 0 unspecified atom stereocenters. The Morgan fingerprint density at radius 1 is 1.62 bits per heavy atom. The summed E-state index contributed by atoms with van der Waals surface area (Å²) in [5.41, 5.74) is -0.893. The molecule has 3 nitrogen and oxygen atoms in total. The number of rotatable bonds is 2. The van der Waals surface area contributed by atoms with E-state index in [9.17, 15) is 13.2 Å². The van der Waals surface area contributed by atoms with Crippen molar-refractivity contribution in [2.75, 3.05) is 0 Å². The Hall–Kier alpha value is -1.04. The summed E-state index contributed by atoms with van der Waals surface area (Å²) in [5.74, 6) is 0. The molecule has 1 heterocycles. The third kappa shape index (κ3) is 2.45. The first-order chi connectivity index (χ1) is 5.91. The highest BCUT2D eigenvalue weighted by molar-refractivity contribution is 5.19. The molecule has 0 aliphatic heterocycles. The summed E-state index contributed by atoms with van der Waals surface area (Å²) in [6.07, 6.45) is -4.21. The average molecular weight is 194 g/mol. The van der Waals surface area contributed by atoms with Gasteiger partial charge in [0.05, 0.1) is 12.3 Å². The van der Waals surface area contributed by atoms with Gasteiger partial charge in [-0.1, -0.05) is 0 Å². The van der Waals surface area contributed by atoms with Crippen LogP contribution in [0, 0.1) is 0 Å². The summed E-state index contributed by atoms with van der Waals surface area (Å²) >= 11 is 0. The molecule has 0 aliphatic carbocycles. The molecule has 0 spiro atoms. The van der Waals surface area contributed by atoms with Crippen LogP contribution in [0.25, 0.3) is 0 Å². The maximum Gasteiger partial charge on any atom is 0.433 e. The molecule has 13 heavy (non-hydrogen) atoms. The molecule has 1 aromatic heterocycles. The first-order valence-corrected chi connectivity index (χ1v) is 3.68. The molecule has 0 aliphatic rings. The fraction of sp³-hybridized carbons (Fsp3) is 0.571. The van der Waals surface area contributed by atoms with Gasteiger partial charge in [0, 0.05) is 12.0 Å². The number of nitrogens with one attached hydrogen (secondary N) is 1. The van der Waals surface area contributed by atoms with Crippen LogP contribution in [0.5, 0.6) is 0 Å². The Bertz CT molecular complexity index is 280. The van der Waals surface area contributed by atoms with Gasteiger partial charge in [0.1, 0.15) is 5.69 Å². The van der Waals surface area contributed by atoms with Crippen molar-refractivity contribution in [3.63, 3.8) is 0 Å². The van der Waals surface area contributed by atoms with Gasteiger partial charge in [0.2, 0.25) is 0 Å². The third-order valence-electron chi connectivity index (χ3n) is 1.52. The van der Waals surface area contributed by atoms with E-state index in [1.165, 1.54) is 6.92 Å². The second-order valence-corrected chi connectivity index (χ2v) is 2.82. The molecular formula is C7H9F3N2O. The molecule has 1 atom stereocenters. The minimum atomic E-state index is -4.43. The smallest absolute Gasteiger partial charge is 0.393 e. The second-order valence-electron chi connectivity index (χ2n) is 2.82. The summed E-state index contributed by atoms with van der Waals surface area (Å²) in [5, 5.41) is 14.1. The molecule has 0 fully saturated rings. The van der Waals surface area contributed by atoms with E-state index in [4.69, 9.17) is 5.11 Å². The molecule has 6 heteroatoms. The largest absolute Gasteiger partial charge is 0.433 e. The lowest BCUT2D eigenvalue weighted by Crippen LogP contribution is -2.12. The van der Waals surface area contributed by atoms with Crippen LogP contribution in [0.3, 0.4) is 0 Å². The Kier molecular flexibility index (Phi) is 2.60. The molecule has 0 saturated carbocycles. The van der Waals surface area contributed by atoms with E-state index in [0.29, 0.717) is 0 Å². The molecule has 2 N–H and O–H groups in total. The standard InChI is InChI=1S/C7H9F3N2O/c1-4(13)2-5-3-11-12-6(5)7(8,9)10/h3-4,13H,2H2,1H3,(H,11,12)/t4-/m0/s1. The van der Waals surface area contributed by atoms with E-state index in [0.717, 1.165) is 6.20 Å². The van der Waals surface area contributed by atoms with Gasteiger partial charge in [-0.3, -0.25) is 5.10 Å². The maximum atomic E-state index is 12.2. The van der Waals surface area contributed by atoms with Crippen LogP contribution in [0.2, 0.25) is 0 Å². The molecule has 1 aromatic rings. The van der Waals surface area contributed by atoms with Crippen LogP contribution in [0.1, 0.15) is 18.2 Å². The zero-order valence-corrected chi connectivity index (χ0v) is 6.89. The number of hydrogen-bond acceptors (Lipinski definition) is 2. The predicted octanol–water partition coefficient (Wildman–Crippen LogP) is 1.35. The Balaban J connectivity index is 2.90. The summed E-state index contributed by atoms with van der Waals surface area (Å²) < 4.78 is 36.5. The average Bonchev–Trinajstić information content (AvgIpc) is 2.31. The van der Waals surface area contributed by atoms with Crippen LogP contribution in [-0.2, 0) is 12.6 Å². The quantitative estimate of drug-likeness (QED) is 0.746. The van der Waals surface area contributed by atoms with Crippen LogP contribution in [0.4, 0.5) is 13.2 Å². The lowest BCUT2D eigenvalue weighted by molar-refractivity contribution is -0.141. The molecule has 1 rings (SSSR count). The Morgan fingerprint density at radius 3 is 2.69 bits per heavy atom. The van der Waals surface area contributed by atoms with Crippen LogP contribution in [-0.4, -0.2) is 21.4 Å². The number of hydrogen-bond donors (Lipinski definition) is 2. The van der Waals surface area contributed by atoms with Crippen LogP contribution < -0.4 is 0 Å². The second kappa shape index (κ2) is 3.37. The third-order valence-corrected chi connectivity index (χ3v) is 1.52. The van der Waals surface area contributed by atoms with Crippen molar-refractivity contribution in [1.29, 1.82) is 0 Å². The van der Waals surface area contributed by atoms with Crippen molar-refractivity contribution < 1.29 is 18.3 Å². The Morgan fingerprint density at radius 2 is 2.23 bits per heavy atom. The van der Waals surface area contributed by atoms with Gasteiger partial charge in [0.15, 0.2) is 0 Å². The normalized spacial score (nSPS) is 14.5. The number of alkyl halides is 3. The lowest BCUT2D eigenvalue weighted by Gasteiger charge is -2.07. The molecule has 74 valence electrons. The molecule has 0 bridgehead atoms. The van der Waals surface area contributed by atoms with Crippen molar-refractivity contribution in [3.8, 4) is 0 Å². The summed E-state index contributed by atoms with van der Waals surface area (Å²) in [6.45, 7) is 1.42. The minimum Gasteiger partial charge on any atom is -0.393 e. The molecule has 0 aromatic carbocycles. The number of aliphatic hydroxyl groups excluding tert-OH is 1. The first-order valence-electron chi connectivity index (χ1n) is 3.68. The van der Waals surface area contributed by atoms with E-state index < -0.39 is 18.0 Å². The zero-order chi connectivity index (χ0) is 10.1. The number of H-pyrrole nitrogens is 1. The van der Waals surface area contributed by atoms with E-state index >= 15 is 0 Å². The number of nitrogens with zero attached hydrogens (tertiary/aromatic N) is 1. The zero-order valence-electron chi connectivity index (χ0n) is 6.89. The number of aromatic amines is 1. The highest BCUT2D eigenvalue weighted by Gasteiger charge is 2.35. The van der Waals surface area contributed by atoms with Crippen molar-refractivity contribution in [2.24, 2.45) is 0 Å². The van der Waals surface area contributed by atoms with Gasteiger partial charge < -0.3 is 5.11 Å². The van der Waals surface area contributed by atoms with Crippen molar-refractivity contribution in [1.82, 2.24) is 10.2 Å². The predicted molar refractivity (Wildman–Crippen MR) is 39.0 cm³/mol. The van der Waals surface area contributed by atoms with Crippen molar-refractivity contribution in [2.45, 2.75) is 25.6 Å². The summed E-state index contributed by atoms with van der Waals surface area (Å²) in [7, 11) is 0. The highest BCUT2D eigenvalue weighted by atomic mass is 19.4. The number of halogens is 3. The van der Waals surface area contributed by atoms with E-state index in [2.05, 4.69) is 5.10 Å². The molecular weight excluding hydrogens is 185 g/mol. The minimum absolute atomic E-state index is 0.0116. The van der Waals surface area contributed by atoms with E-state index in [-0.39, 0.29) is 12.0 Å². The lowest BCUT2D eigenvalue weighted by atomic mass is 10.1. The topological polar surface area (TPSA) is 48.9 Å². The number of aromatic nitrogens is 2. The van der Waals surface area contributed by atoms with Gasteiger partial charge in [0.25, 0.3) is 0 Å². The van der Waals surface area contributed by atoms with Gasteiger partial charge in [-0.2, -0.15) is 18.3 Å². The van der Waals surface area contributed by atoms with Gasteiger partial charge in [-0.25, -0.2) is 0 Å². The monoisotopic (exact) mass is 194 g/mol. The van der Waals surface area contributed by atoms with E-state index in [1.807, 2.05) is 5.10 Å². The van der Waals surface area contributed by atoms with Gasteiger partial charge >= 0.3 is 6.18 Å². The Labute approximate surface area is 72.6 Å². The summed E-state index contributed by atoms with van der Waals surface area (Å²) in [4.78, 5) is 0. The van der Waals surface area contributed by atoms with Crippen molar-refractivity contribution >= 4 is 0 Å². The molecule has 0 saturated heterocycles. The van der Waals surface area contributed by atoms with Gasteiger partial charge in [-0.15, -0.1) is 0 Å². The van der Waals surface area contributed by atoms with Crippen molar-refractivity contribution in [3.05, 3.63) is 17.5 Å². The van der Waals surface area contributed by atoms with Crippen LogP contribution in [0.15, 0.2) is 6.20 Å². The SMILES string of the molecule is C[C@H](O)Cc1cn[nH]c1C(F)(F)F. The van der Waals surface area contributed by atoms with Crippen LogP contribution >= 0.6 is 0 Å². The highest BCUT2D eigenvalue weighted by Crippen LogP contribution is 2.30. The fourth-order valence-corrected chi connectivity index (χ4v) is 1.03. The fourth-order valence-electron chi connectivity index (χ4n) is 1.03. The number of aliphatic hydroxyl groups is 1. The van der Waals surface area contributed by atoms with E-state index in [1.54, 1.807) is 0 Å². The molecule has 0 amide bonds. The maximum absolute atomic E-state index is 12.2. The first kappa shape index (κ1) is 10.0. The van der Waals surface area contributed by atoms with Gasteiger partial charge in [-0.05, 0) is 6.92 Å². The summed E-state index contributed by atoms with van der Waals surface area (Å²) in [6, 6.07) is 0.